The Morgan fingerprint density at radius 3 is 2.77 bits per heavy atom. The predicted molar refractivity (Wildman–Crippen MR) is 140 cm³/mol. The molecule has 0 radical (unpaired) electrons. The number of H-pyrrole nitrogens is 1. The molecule has 4 heterocycles. The lowest BCUT2D eigenvalue weighted by molar-refractivity contribution is -0.120. The van der Waals surface area contributed by atoms with Gasteiger partial charge in [-0.15, -0.1) is 11.3 Å². The first-order chi connectivity index (χ1) is 16.9. The standard InChI is InChI=1S/C26H28N6O2S/c1-4-19-13-21(33)31-23(29-19)18-6-5-7-20(12-18)30-25(34)17-8-10-32(11-9-17)24-22-15(2)16(3)35-26(22)28-14-27-24/h5-7,12-14,17H,4,8-11H2,1-3H3,(H,30,34)(H,29,31,33). The van der Waals surface area contributed by atoms with Crippen LogP contribution in [0.4, 0.5) is 11.5 Å². The van der Waals surface area contributed by atoms with E-state index in [2.05, 4.69) is 44.0 Å². The highest BCUT2D eigenvalue weighted by atomic mass is 32.1. The summed E-state index contributed by atoms with van der Waals surface area (Å²) >= 11 is 1.70. The number of amides is 1. The molecule has 0 atom stereocenters. The number of benzene rings is 1. The summed E-state index contributed by atoms with van der Waals surface area (Å²) in [6.07, 6.45) is 3.83. The maximum absolute atomic E-state index is 13.1. The van der Waals surface area contributed by atoms with E-state index in [0.717, 1.165) is 53.2 Å². The minimum atomic E-state index is -0.179. The summed E-state index contributed by atoms with van der Waals surface area (Å²) in [5.74, 6) is 1.42. The number of carbonyl (C=O) groups excluding carboxylic acids is 1. The molecule has 1 fully saturated rings. The molecule has 35 heavy (non-hydrogen) atoms. The maximum Gasteiger partial charge on any atom is 0.251 e. The molecule has 4 aromatic rings. The van der Waals surface area contributed by atoms with Crippen molar-refractivity contribution in [1.29, 1.82) is 0 Å². The second-order valence-electron chi connectivity index (χ2n) is 8.93. The molecule has 1 aliphatic rings. The third-order valence-corrected chi connectivity index (χ3v) is 7.79. The zero-order valence-corrected chi connectivity index (χ0v) is 20.9. The molecule has 2 N–H and O–H groups in total. The zero-order valence-electron chi connectivity index (χ0n) is 20.1. The van der Waals surface area contributed by atoms with Crippen LogP contribution in [0.1, 0.15) is 35.9 Å². The molecule has 0 bridgehead atoms. The van der Waals surface area contributed by atoms with Crippen LogP contribution in [0.5, 0.6) is 0 Å². The number of carbonyl (C=O) groups is 1. The average Bonchev–Trinajstić information content (AvgIpc) is 3.17. The van der Waals surface area contributed by atoms with E-state index in [1.54, 1.807) is 17.7 Å². The van der Waals surface area contributed by atoms with E-state index < -0.39 is 0 Å². The van der Waals surface area contributed by atoms with Crippen molar-refractivity contribution < 1.29 is 4.79 Å². The first kappa shape index (κ1) is 23.2. The summed E-state index contributed by atoms with van der Waals surface area (Å²) < 4.78 is 0. The van der Waals surface area contributed by atoms with Gasteiger partial charge >= 0.3 is 0 Å². The largest absolute Gasteiger partial charge is 0.356 e. The number of anilines is 2. The van der Waals surface area contributed by atoms with E-state index in [4.69, 9.17) is 0 Å². The number of aromatic nitrogens is 4. The van der Waals surface area contributed by atoms with Crippen molar-refractivity contribution in [3.05, 3.63) is 63.1 Å². The minimum Gasteiger partial charge on any atom is -0.356 e. The van der Waals surface area contributed by atoms with Gasteiger partial charge in [-0.25, -0.2) is 15.0 Å². The van der Waals surface area contributed by atoms with Crippen molar-refractivity contribution >= 4 is 39.0 Å². The van der Waals surface area contributed by atoms with Crippen molar-refractivity contribution in [3.63, 3.8) is 0 Å². The number of rotatable bonds is 5. The zero-order chi connectivity index (χ0) is 24.5. The summed E-state index contributed by atoms with van der Waals surface area (Å²) in [7, 11) is 0. The molecule has 1 amide bonds. The van der Waals surface area contributed by atoms with Crippen molar-refractivity contribution in [3.8, 4) is 11.4 Å². The van der Waals surface area contributed by atoms with Crippen LogP contribution in [0, 0.1) is 19.8 Å². The summed E-state index contributed by atoms with van der Waals surface area (Å²) in [6, 6.07) is 8.96. The molecular formula is C26H28N6O2S. The number of aromatic amines is 1. The van der Waals surface area contributed by atoms with E-state index in [1.165, 1.54) is 16.5 Å². The molecule has 8 nitrogen and oxygen atoms in total. The monoisotopic (exact) mass is 488 g/mol. The Kier molecular flexibility index (Phi) is 6.34. The van der Waals surface area contributed by atoms with Crippen LogP contribution < -0.4 is 15.8 Å². The second-order valence-corrected chi connectivity index (χ2v) is 10.1. The van der Waals surface area contributed by atoms with Gasteiger partial charge in [0.1, 0.15) is 22.8 Å². The van der Waals surface area contributed by atoms with Crippen LogP contribution in [0.15, 0.2) is 41.5 Å². The van der Waals surface area contributed by atoms with Crippen molar-refractivity contribution in [2.24, 2.45) is 5.92 Å². The van der Waals surface area contributed by atoms with E-state index >= 15 is 0 Å². The smallest absolute Gasteiger partial charge is 0.251 e. The number of piperidine rings is 1. The normalized spacial score (nSPS) is 14.4. The molecule has 0 spiro atoms. The molecular weight excluding hydrogens is 460 g/mol. The van der Waals surface area contributed by atoms with Gasteiger partial charge in [-0.3, -0.25) is 9.59 Å². The van der Waals surface area contributed by atoms with Crippen molar-refractivity contribution in [2.75, 3.05) is 23.3 Å². The first-order valence-electron chi connectivity index (χ1n) is 11.9. The fourth-order valence-corrected chi connectivity index (χ4v) is 5.56. The molecule has 3 aromatic heterocycles. The molecule has 0 saturated carbocycles. The number of hydrogen-bond acceptors (Lipinski definition) is 7. The highest BCUT2D eigenvalue weighted by Crippen LogP contribution is 2.35. The van der Waals surface area contributed by atoms with Gasteiger partial charge in [0.25, 0.3) is 5.56 Å². The van der Waals surface area contributed by atoms with Gasteiger partial charge in [-0.2, -0.15) is 0 Å². The maximum atomic E-state index is 13.1. The molecule has 0 aliphatic carbocycles. The van der Waals surface area contributed by atoms with Crippen LogP contribution >= 0.6 is 11.3 Å². The van der Waals surface area contributed by atoms with Gasteiger partial charge in [0.2, 0.25) is 5.91 Å². The van der Waals surface area contributed by atoms with Crippen LogP contribution in [0.2, 0.25) is 0 Å². The first-order valence-corrected chi connectivity index (χ1v) is 12.7. The van der Waals surface area contributed by atoms with Gasteiger partial charge in [0.15, 0.2) is 0 Å². The average molecular weight is 489 g/mol. The number of thiophene rings is 1. The van der Waals surface area contributed by atoms with E-state index in [-0.39, 0.29) is 17.4 Å². The third-order valence-electron chi connectivity index (χ3n) is 6.67. The molecule has 1 aromatic carbocycles. The lowest BCUT2D eigenvalue weighted by Crippen LogP contribution is -2.38. The van der Waals surface area contributed by atoms with Crippen LogP contribution in [-0.4, -0.2) is 38.9 Å². The SMILES string of the molecule is CCc1cc(=O)[nH]c(-c2cccc(NC(=O)C3CCN(c4ncnc5sc(C)c(C)c45)CC3)c2)n1. The number of fused-ring (bicyclic) bond motifs is 1. The Bertz CT molecular complexity index is 1450. The number of hydrogen-bond donors (Lipinski definition) is 2. The summed E-state index contributed by atoms with van der Waals surface area (Å²) in [5, 5.41) is 4.19. The number of nitrogens with zero attached hydrogens (tertiary/aromatic N) is 4. The number of nitrogens with one attached hydrogen (secondary N) is 2. The Morgan fingerprint density at radius 1 is 1.20 bits per heavy atom. The van der Waals surface area contributed by atoms with Gasteiger partial charge in [-0.05, 0) is 50.8 Å². The summed E-state index contributed by atoms with van der Waals surface area (Å²) in [5.41, 5.74) is 3.25. The summed E-state index contributed by atoms with van der Waals surface area (Å²) in [4.78, 5) is 45.9. The Morgan fingerprint density at radius 2 is 2.00 bits per heavy atom. The van der Waals surface area contributed by atoms with Crippen molar-refractivity contribution in [2.45, 2.75) is 40.0 Å². The Labute approximate surface area is 207 Å². The van der Waals surface area contributed by atoms with Gasteiger partial charge < -0.3 is 15.2 Å². The molecule has 180 valence electrons. The van der Waals surface area contributed by atoms with E-state index in [0.29, 0.717) is 17.9 Å². The minimum absolute atomic E-state index is 0.0148. The highest BCUT2D eigenvalue weighted by molar-refractivity contribution is 7.18. The molecule has 5 rings (SSSR count). The topological polar surface area (TPSA) is 104 Å². The third kappa shape index (κ3) is 4.68. The van der Waals surface area contributed by atoms with Crippen LogP contribution in [-0.2, 0) is 11.2 Å². The summed E-state index contributed by atoms with van der Waals surface area (Å²) in [6.45, 7) is 7.74. The molecule has 9 heteroatoms. The molecule has 1 aliphatic heterocycles. The van der Waals surface area contributed by atoms with E-state index in [1.807, 2.05) is 31.2 Å². The lowest BCUT2D eigenvalue weighted by Gasteiger charge is -2.32. The second kappa shape index (κ2) is 9.58. The van der Waals surface area contributed by atoms with E-state index in [9.17, 15) is 9.59 Å². The molecule has 0 unspecified atom stereocenters. The quantitative estimate of drug-likeness (QED) is 0.429. The number of aryl methyl sites for hydroxylation is 3. The molecule has 1 saturated heterocycles. The van der Waals surface area contributed by atoms with Crippen LogP contribution in [0.25, 0.3) is 21.6 Å². The Hall–Kier alpha value is -3.59. The Balaban J connectivity index is 1.27. The van der Waals surface area contributed by atoms with Crippen molar-refractivity contribution in [1.82, 2.24) is 19.9 Å². The highest BCUT2D eigenvalue weighted by Gasteiger charge is 2.27. The lowest BCUT2D eigenvalue weighted by atomic mass is 9.95. The predicted octanol–water partition coefficient (Wildman–Crippen LogP) is 4.48. The van der Waals surface area contributed by atoms with Gasteiger partial charge in [-0.1, -0.05) is 19.1 Å². The fourth-order valence-electron chi connectivity index (χ4n) is 4.57. The van der Waals surface area contributed by atoms with Gasteiger partial charge in [0, 0.05) is 46.9 Å². The van der Waals surface area contributed by atoms with Gasteiger partial charge in [0.05, 0.1) is 5.39 Å². The van der Waals surface area contributed by atoms with Crippen LogP contribution in [0.3, 0.4) is 0 Å². The fraction of sp³-hybridized carbons (Fsp3) is 0.346.